The number of carbonyl (C=O) groups excluding carboxylic acids is 4. The van der Waals surface area contributed by atoms with Crippen molar-refractivity contribution < 1.29 is 32.3 Å². The molecule has 1 heterocycles. The van der Waals surface area contributed by atoms with Crippen LogP contribution in [0.25, 0.3) is 0 Å². The fourth-order valence-electron chi connectivity index (χ4n) is 6.41. The first kappa shape index (κ1) is 27.9. The van der Waals surface area contributed by atoms with E-state index in [9.17, 15) is 32.3 Å². The van der Waals surface area contributed by atoms with E-state index in [4.69, 9.17) is 0 Å². The molecule has 2 fully saturated rings. The van der Waals surface area contributed by atoms with E-state index in [0.717, 1.165) is 4.90 Å². The van der Waals surface area contributed by atoms with Crippen molar-refractivity contribution in [3.63, 3.8) is 0 Å². The Morgan fingerprint density at radius 2 is 1.64 bits per heavy atom. The maximum atomic E-state index is 14.2. The number of hydrogen-bond acceptors (Lipinski definition) is 4. The third-order valence-electron chi connectivity index (χ3n) is 8.10. The molecule has 1 saturated heterocycles. The van der Waals surface area contributed by atoms with E-state index in [1.165, 1.54) is 18.7 Å². The average molecular weight is 509 g/mol. The third-order valence-corrected chi connectivity index (χ3v) is 8.10. The van der Waals surface area contributed by atoms with Crippen molar-refractivity contribution in [2.75, 3.05) is 11.9 Å². The molecule has 3 rings (SSSR count). The largest absolute Gasteiger partial charge is 0.417 e. The summed E-state index contributed by atoms with van der Waals surface area (Å²) in [7, 11) is 1.64. The Morgan fingerprint density at radius 1 is 1.06 bits per heavy atom. The molecule has 1 aromatic carbocycles. The van der Waals surface area contributed by atoms with Crippen molar-refractivity contribution in [2.45, 2.75) is 79.4 Å². The van der Waals surface area contributed by atoms with Crippen LogP contribution in [0, 0.1) is 44.4 Å². The summed E-state index contributed by atoms with van der Waals surface area (Å²) >= 11 is 0. The van der Waals surface area contributed by atoms with E-state index in [-0.39, 0.29) is 47.5 Å². The lowest BCUT2D eigenvalue weighted by Gasteiger charge is -2.38. The number of fused-ring (bicyclic) bond motifs is 1. The highest BCUT2D eigenvalue weighted by atomic mass is 19.4. The van der Waals surface area contributed by atoms with Gasteiger partial charge in [0.1, 0.15) is 6.29 Å². The van der Waals surface area contributed by atoms with Gasteiger partial charge in [-0.1, -0.05) is 13.8 Å². The fourth-order valence-corrected chi connectivity index (χ4v) is 6.41. The van der Waals surface area contributed by atoms with E-state index >= 15 is 0 Å². The van der Waals surface area contributed by atoms with Gasteiger partial charge in [-0.05, 0) is 75.1 Å². The smallest absolute Gasteiger partial charge is 0.343 e. The Morgan fingerprint density at radius 3 is 2.11 bits per heavy atom. The minimum Gasteiger partial charge on any atom is -0.343 e. The van der Waals surface area contributed by atoms with E-state index in [1.54, 1.807) is 27.8 Å². The molecular weight excluding hydrogens is 473 g/mol. The second kappa shape index (κ2) is 9.63. The number of carbonyl (C=O) groups is 4. The monoisotopic (exact) mass is 508 g/mol. The van der Waals surface area contributed by atoms with Crippen molar-refractivity contribution in [3.05, 3.63) is 27.8 Å². The van der Waals surface area contributed by atoms with Crippen molar-refractivity contribution in [3.8, 4) is 0 Å². The molecule has 9 heteroatoms. The summed E-state index contributed by atoms with van der Waals surface area (Å²) in [6.07, 6.45) is -4.09. The molecule has 6 nitrogen and oxygen atoms in total. The van der Waals surface area contributed by atoms with Gasteiger partial charge < -0.3 is 9.69 Å². The lowest BCUT2D eigenvalue weighted by molar-refractivity contribution is -0.141. The second-order valence-corrected chi connectivity index (χ2v) is 10.8. The van der Waals surface area contributed by atoms with Gasteiger partial charge in [-0.2, -0.15) is 13.2 Å². The molecule has 0 radical (unpaired) electrons. The number of hydrogen-bond donors (Lipinski definition) is 0. The SMILES string of the molecule is Cc1c(C(C)C)c(C)c(C(F)(F)F)c(C)c1N1C(=O)CC2C(C(=O)N(C)C(C)C)CC(C=O)C2C1=O. The highest BCUT2D eigenvalue weighted by Gasteiger charge is 2.56. The molecule has 36 heavy (non-hydrogen) atoms. The molecule has 4 atom stereocenters. The van der Waals surface area contributed by atoms with Crippen LogP contribution in [0.1, 0.15) is 74.3 Å². The molecule has 198 valence electrons. The van der Waals surface area contributed by atoms with Crippen molar-refractivity contribution in [1.29, 1.82) is 0 Å². The minimum absolute atomic E-state index is 0.0520. The predicted molar refractivity (Wildman–Crippen MR) is 129 cm³/mol. The van der Waals surface area contributed by atoms with E-state index in [0.29, 0.717) is 17.4 Å². The predicted octanol–water partition coefficient (Wildman–Crippen LogP) is 4.95. The number of aldehydes is 1. The molecule has 3 amide bonds. The number of imide groups is 1. The van der Waals surface area contributed by atoms with Gasteiger partial charge in [0.05, 0.1) is 17.2 Å². The van der Waals surface area contributed by atoms with Crippen LogP contribution in [0.4, 0.5) is 18.9 Å². The van der Waals surface area contributed by atoms with Gasteiger partial charge in [-0.25, -0.2) is 4.90 Å². The molecule has 1 aliphatic carbocycles. The van der Waals surface area contributed by atoms with Gasteiger partial charge in [0, 0.05) is 31.3 Å². The molecule has 1 saturated carbocycles. The van der Waals surface area contributed by atoms with Crippen LogP contribution in [0.15, 0.2) is 0 Å². The van der Waals surface area contributed by atoms with Gasteiger partial charge in [-0.15, -0.1) is 0 Å². The summed E-state index contributed by atoms with van der Waals surface area (Å²) in [5.41, 5.74) is -0.116. The Kier molecular flexibility index (Phi) is 7.46. The van der Waals surface area contributed by atoms with Gasteiger partial charge in [0.15, 0.2) is 0 Å². The van der Waals surface area contributed by atoms with Crippen LogP contribution < -0.4 is 4.90 Å². The summed E-state index contributed by atoms with van der Waals surface area (Å²) in [5, 5.41) is 0. The maximum Gasteiger partial charge on any atom is 0.417 e. The average Bonchev–Trinajstić information content (AvgIpc) is 3.11. The number of nitrogens with zero attached hydrogens (tertiary/aromatic N) is 2. The molecule has 1 aromatic rings. The Balaban J connectivity index is 2.18. The second-order valence-electron chi connectivity index (χ2n) is 10.8. The van der Waals surface area contributed by atoms with Crippen LogP contribution in [0.5, 0.6) is 0 Å². The minimum atomic E-state index is -4.68. The number of anilines is 1. The first-order chi connectivity index (χ1) is 16.6. The molecule has 4 unspecified atom stereocenters. The quantitative estimate of drug-likeness (QED) is 0.417. The molecule has 0 bridgehead atoms. The Hall–Kier alpha value is -2.71. The first-order valence-corrected chi connectivity index (χ1v) is 12.4. The Bertz CT molecular complexity index is 1110. The number of benzene rings is 1. The molecular formula is C27H35F3N2O4. The van der Waals surface area contributed by atoms with Crippen molar-refractivity contribution >= 4 is 29.7 Å². The zero-order chi connectivity index (χ0) is 27.4. The number of halogens is 3. The van der Waals surface area contributed by atoms with Crippen LogP contribution in [-0.2, 0) is 25.4 Å². The van der Waals surface area contributed by atoms with E-state index in [2.05, 4.69) is 0 Å². The maximum absolute atomic E-state index is 14.2. The number of piperidine rings is 1. The fraction of sp³-hybridized carbons (Fsp3) is 0.630. The zero-order valence-electron chi connectivity index (χ0n) is 22.1. The van der Waals surface area contributed by atoms with Gasteiger partial charge >= 0.3 is 6.18 Å². The van der Waals surface area contributed by atoms with Gasteiger partial charge in [0.2, 0.25) is 17.7 Å². The molecule has 1 aliphatic heterocycles. The van der Waals surface area contributed by atoms with Crippen molar-refractivity contribution in [1.82, 2.24) is 4.90 Å². The summed E-state index contributed by atoms with van der Waals surface area (Å²) < 4.78 is 42.5. The highest BCUT2D eigenvalue weighted by Crippen LogP contribution is 2.50. The van der Waals surface area contributed by atoms with Crippen LogP contribution in [-0.4, -0.2) is 42.0 Å². The molecule has 0 N–H and O–H groups in total. The number of amides is 3. The lowest BCUT2D eigenvalue weighted by atomic mass is 9.78. The van der Waals surface area contributed by atoms with Crippen LogP contribution in [0.3, 0.4) is 0 Å². The highest BCUT2D eigenvalue weighted by molar-refractivity contribution is 6.19. The summed E-state index contributed by atoms with van der Waals surface area (Å²) in [5.74, 6) is -4.92. The standard InChI is InChI=1S/C27H35F3N2O4/c1-12(2)21-14(5)23(27(28,29)30)16(7)24(15(21)6)32-20(34)10-18-19(25(35)31(8)13(3)4)9-17(11-33)22(18)26(32)36/h11-13,17-19,22H,9-10H2,1-8H3. The van der Waals surface area contributed by atoms with Gasteiger partial charge in [0.25, 0.3) is 0 Å². The topological polar surface area (TPSA) is 74.8 Å². The Labute approximate surface area is 210 Å². The number of rotatable bonds is 5. The lowest BCUT2D eigenvalue weighted by Crippen LogP contribution is -2.52. The summed E-state index contributed by atoms with van der Waals surface area (Å²) in [6.45, 7) is 11.6. The zero-order valence-corrected chi connectivity index (χ0v) is 22.1. The van der Waals surface area contributed by atoms with E-state index in [1.807, 2.05) is 13.8 Å². The summed E-state index contributed by atoms with van der Waals surface area (Å²) in [6, 6.07) is -0.106. The van der Waals surface area contributed by atoms with Gasteiger partial charge in [-0.3, -0.25) is 14.4 Å². The molecule has 0 spiro atoms. The summed E-state index contributed by atoms with van der Waals surface area (Å²) in [4.78, 5) is 54.8. The van der Waals surface area contributed by atoms with Crippen LogP contribution >= 0.6 is 0 Å². The molecule has 0 aromatic heterocycles. The van der Waals surface area contributed by atoms with Crippen LogP contribution in [0.2, 0.25) is 0 Å². The van der Waals surface area contributed by atoms with Crippen molar-refractivity contribution in [2.24, 2.45) is 23.7 Å². The third kappa shape index (κ3) is 4.34. The molecule has 2 aliphatic rings. The number of alkyl halides is 3. The normalized spacial score (nSPS) is 24.5. The first-order valence-electron chi connectivity index (χ1n) is 12.4. The van der Waals surface area contributed by atoms with E-state index < -0.39 is 47.2 Å².